The Morgan fingerprint density at radius 1 is 1.12 bits per heavy atom. The van der Waals surface area contributed by atoms with Crippen LogP contribution in [0.15, 0.2) is 41.8 Å². The predicted octanol–water partition coefficient (Wildman–Crippen LogP) is 1.80. The van der Waals surface area contributed by atoms with Crippen LogP contribution in [0.1, 0.15) is 15.9 Å². The van der Waals surface area contributed by atoms with E-state index in [1.54, 1.807) is 30.3 Å². The number of alkyl carbamates (subject to hydrolysis) is 1. The van der Waals surface area contributed by atoms with Crippen LogP contribution in [0, 0.1) is 0 Å². The van der Waals surface area contributed by atoms with E-state index in [1.165, 1.54) is 11.4 Å². The molecule has 0 fully saturated rings. The highest BCUT2D eigenvalue weighted by atomic mass is 32.2. The Hall–Kier alpha value is -2.72. The number of anilines is 1. The lowest BCUT2D eigenvalue weighted by molar-refractivity contribution is -0.113. The Morgan fingerprint density at radius 3 is 2.46 bits per heavy atom. The largest absolute Gasteiger partial charge is 0.453 e. The van der Waals surface area contributed by atoms with Crippen molar-refractivity contribution in [3.05, 3.63) is 52.9 Å². The molecule has 0 saturated heterocycles. The van der Waals surface area contributed by atoms with Crippen LogP contribution in [0.3, 0.4) is 0 Å². The van der Waals surface area contributed by atoms with E-state index in [0.29, 0.717) is 5.56 Å². The Bertz CT molecular complexity index is 906. The quantitative estimate of drug-likeness (QED) is 0.768. The zero-order valence-electron chi connectivity index (χ0n) is 13.7. The van der Waals surface area contributed by atoms with Crippen molar-refractivity contribution in [3.8, 4) is 0 Å². The molecular formula is C16H16N2O6S2. The van der Waals surface area contributed by atoms with Gasteiger partial charge in [-0.2, -0.15) is 0 Å². The van der Waals surface area contributed by atoms with E-state index in [-0.39, 0.29) is 16.3 Å². The number of amides is 3. The molecule has 2 N–H and O–H groups in total. The van der Waals surface area contributed by atoms with Crippen molar-refractivity contribution < 1.29 is 27.5 Å². The fraction of sp³-hybridized carbons (Fsp3) is 0.188. The normalized spacial score (nSPS) is 10.8. The molecule has 8 nitrogen and oxygen atoms in total. The van der Waals surface area contributed by atoms with Crippen LogP contribution in [0.5, 0.6) is 0 Å². The van der Waals surface area contributed by atoms with Crippen LogP contribution in [-0.2, 0) is 25.1 Å². The molecule has 2 aromatic rings. The average Bonchev–Trinajstić information content (AvgIpc) is 3.02. The predicted molar refractivity (Wildman–Crippen MR) is 96.8 cm³/mol. The molecule has 0 saturated carbocycles. The average molecular weight is 396 g/mol. The molecule has 0 aliphatic heterocycles. The summed E-state index contributed by atoms with van der Waals surface area (Å²) < 4.78 is 28.6. The van der Waals surface area contributed by atoms with E-state index in [9.17, 15) is 22.8 Å². The summed E-state index contributed by atoms with van der Waals surface area (Å²) in [4.78, 5) is 35.1. The smallest absolute Gasteiger partial charge is 0.413 e. The molecule has 3 amide bonds. The summed E-state index contributed by atoms with van der Waals surface area (Å²) in [6.45, 7) is 0. The van der Waals surface area contributed by atoms with Gasteiger partial charge in [0.25, 0.3) is 5.91 Å². The first-order valence-electron chi connectivity index (χ1n) is 7.32. The second-order valence-corrected chi connectivity index (χ2v) is 8.16. The number of thiophene rings is 1. The summed E-state index contributed by atoms with van der Waals surface area (Å²) in [7, 11) is -2.57. The van der Waals surface area contributed by atoms with Crippen LogP contribution < -0.4 is 10.6 Å². The van der Waals surface area contributed by atoms with Crippen molar-refractivity contribution >= 4 is 44.1 Å². The molecule has 0 radical (unpaired) electrons. The Labute approximate surface area is 154 Å². The number of carbonyl (C=O) groups excluding carboxylic acids is 3. The van der Waals surface area contributed by atoms with Gasteiger partial charge in [0.05, 0.1) is 18.4 Å². The molecule has 2 rings (SSSR count). The molecule has 0 aliphatic carbocycles. The number of imide groups is 1. The molecule has 26 heavy (non-hydrogen) atoms. The summed E-state index contributed by atoms with van der Waals surface area (Å²) in [6.07, 6.45) is -0.941. The van der Waals surface area contributed by atoms with Crippen LogP contribution in [0.25, 0.3) is 0 Å². The lowest BCUT2D eigenvalue weighted by Gasteiger charge is -2.07. The zero-order chi connectivity index (χ0) is 19.2. The van der Waals surface area contributed by atoms with Gasteiger partial charge >= 0.3 is 6.09 Å². The van der Waals surface area contributed by atoms with Gasteiger partial charge in [-0.1, -0.05) is 30.3 Å². The Morgan fingerprint density at radius 2 is 1.81 bits per heavy atom. The van der Waals surface area contributed by atoms with Gasteiger partial charge in [0.15, 0.2) is 9.84 Å². The topological polar surface area (TPSA) is 119 Å². The number of methoxy groups -OCH3 is 1. The molecule has 1 aromatic carbocycles. The molecule has 0 aliphatic rings. The second kappa shape index (κ2) is 8.59. The number of rotatable bonds is 6. The van der Waals surface area contributed by atoms with Crippen molar-refractivity contribution in [2.24, 2.45) is 0 Å². The minimum absolute atomic E-state index is 0.0363. The molecular weight excluding hydrogens is 380 g/mol. The third-order valence-electron chi connectivity index (χ3n) is 3.14. The van der Waals surface area contributed by atoms with Crippen LogP contribution in [-0.4, -0.2) is 39.2 Å². The number of hydrogen-bond donors (Lipinski definition) is 2. The first kappa shape index (κ1) is 19.6. The fourth-order valence-corrected chi connectivity index (χ4v) is 4.11. The molecule has 0 unspecified atom stereocenters. The first-order valence-corrected chi connectivity index (χ1v) is 10.0. The van der Waals surface area contributed by atoms with Gasteiger partial charge < -0.3 is 10.1 Å². The SMILES string of the molecule is COC(=O)NC(=O)c1ccsc1NC(=O)CS(=O)(=O)Cc1ccccc1. The van der Waals surface area contributed by atoms with E-state index in [1.807, 2.05) is 5.32 Å². The summed E-state index contributed by atoms with van der Waals surface area (Å²) in [5, 5.41) is 6.03. The minimum atomic E-state index is -3.68. The van der Waals surface area contributed by atoms with E-state index in [2.05, 4.69) is 10.1 Å². The molecule has 1 heterocycles. The maximum absolute atomic E-state index is 12.1. The van der Waals surface area contributed by atoms with Gasteiger partial charge in [0.2, 0.25) is 5.91 Å². The highest BCUT2D eigenvalue weighted by molar-refractivity contribution is 7.91. The van der Waals surface area contributed by atoms with Crippen molar-refractivity contribution in [2.45, 2.75) is 5.75 Å². The van der Waals surface area contributed by atoms with Gasteiger partial charge in [-0.25, -0.2) is 13.2 Å². The molecule has 1 aromatic heterocycles. The van der Waals surface area contributed by atoms with E-state index in [0.717, 1.165) is 18.4 Å². The Balaban J connectivity index is 2.01. The van der Waals surface area contributed by atoms with Gasteiger partial charge in [0.1, 0.15) is 10.8 Å². The van der Waals surface area contributed by atoms with E-state index >= 15 is 0 Å². The summed E-state index contributed by atoms with van der Waals surface area (Å²) >= 11 is 1.03. The Kier molecular flexibility index (Phi) is 6.47. The lowest BCUT2D eigenvalue weighted by Crippen LogP contribution is -2.31. The number of hydrogen-bond acceptors (Lipinski definition) is 7. The first-order chi connectivity index (χ1) is 12.3. The molecule has 0 atom stereocenters. The molecule has 0 bridgehead atoms. The maximum Gasteiger partial charge on any atom is 0.413 e. The van der Waals surface area contributed by atoms with Crippen molar-refractivity contribution in [1.29, 1.82) is 0 Å². The van der Waals surface area contributed by atoms with Gasteiger partial charge in [-0.15, -0.1) is 11.3 Å². The molecule has 0 spiro atoms. The van der Waals surface area contributed by atoms with Crippen molar-refractivity contribution in [1.82, 2.24) is 5.32 Å². The number of ether oxygens (including phenoxy) is 1. The van der Waals surface area contributed by atoms with E-state index < -0.39 is 33.5 Å². The molecule has 138 valence electrons. The van der Waals surface area contributed by atoms with Gasteiger partial charge in [0, 0.05) is 0 Å². The summed E-state index contributed by atoms with van der Waals surface area (Å²) in [5.41, 5.74) is 0.615. The number of nitrogens with one attached hydrogen (secondary N) is 2. The van der Waals surface area contributed by atoms with Crippen LogP contribution >= 0.6 is 11.3 Å². The van der Waals surface area contributed by atoms with Crippen LogP contribution in [0.2, 0.25) is 0 Å². The summed E-state index contributed by atoms with van der Waals surface area (Å²) in [6, 6.07) is 9.90. The van der Waals surface area contributed by atoms with Crippen molar-refractivity contribution in [3.63, 3.8) is 0 Å². The maximum atomic E-state index is 12.1. The van der Waals surface area contributed by atoms with Gasteiger partial charge in [-0.3, -0.25) is 14.9 Å². The fourth-order valence-electron chi connectivity index (χ4n) is 2.04. The lowest BCUT2D eigenvalue weighted by atomic mass is 10.2. The second-order valence-electron chi connectivity index (χ2n) is 5.18. The van der Waals surface area contributed by atoms with Gasteiger partial charge in [-0.05, 0) is 17.0 Å². The monoisotopic (exact) mass is 396 g/mol. The third kappa shape index (κ3) is 5.67. The highest BCUT2D eigenvalue weighted by Gasteiger charge is 2.21. The third-order valence-corrected chi connectivity index (χ3v) is 5.45. The number of carbonyl (C=O) groups is 3. The van der Waals surface area contributed by atoms with Crippen LogP contribution in [0.4, 0.5) is 9.80 Å². The zero-order valence-corrected chi connectivity index (χ0v) is 15.4. The number of sulfone groups is 1. The minimum Gasteiger partial charge on any atom is -0.453 e. The summed E-state index contributed by atoms with van der Waals surface area (Å²) in [5.74, 6) is -2.52. The van der Waals surface area contributed by atoms with Crippen molar-refractivity contribution in [2.75, 3.05) is 18.2 Å². The standard InChI is InChI=1S/C16H16N2O6S2/c1-24-16(21)18-14(20)12-7-8-25-15(12)17-13(19)10-26(22,23)9-11-5-3-2-4-6-11/h2-8H,9-10H2,1H3,(H,17,19)(H,18,20,21). The van der Waals surface area contributed by atoms with E-state index in [4.69, 9.17) is 0 Å². The number of benzene rings is 1. The highest BCUT2D eigenvalue weighted by Crippen LogP contribution is 2.23. The molecule has 10 heteroatoms.